The predicted octanol–water partition coefficient (Wildman–Crippen LogP) is 3.06. The summed E-state index contributed by atoms with van der Waals surface area (Å²) in [5, 5.41) is 3.81. The first kappa shape index (κ1) is 24.8. The van der Waals surface area contributed by atoms with Gasteiger partial charge in [-0.05, 0) is 43.2 Å². The molecule has 5 rings (SSSR count). The van der Waals surface area contributed by atoms with Crippen molar-refractivity contribution in [2.45, 2.75) is 25.4 Å². The molecular weight excluding hydrogens is 492 g/mol. The fourth-order valence-electron chi connectivity index (χ4n) is 4.65. The van der Waals surface area contributed by atoms with E-state index in [2.05, 4.69) is 54.3 Å². The summed E-state index contributed by atoms with van der Waals surface area (Å²) in [5.74, 6) is 0.656. The molecule has 3 aromatic heterocycles. The fraction of sp³-hybridized carbons (Fsp3) is 0.346. The fourth-order valence-corrected chi connectivity index (χ4v) is 4.80. The highest BCUT2D eigenvalue weighted by atomic mass is 35.5. The molecule has 1 fully saturated rings. The highest BCUT2D eigenvalue weighted by molar-refractivity contribution is 6.31. The van der Waals surface area contributed by atoms with Crippen LogP contribution in [0.15, 0.2) is 58.5 Å². The van der Waals surface area contributed by atoms with E-state index in [1.54, 1.807) is 13.1 Å². The van der Waals surface area contributed by atoms with Gasteiger partial charge in [0.1, 0.15) is 0 Å². The van der Waals surface area contributed by atoms with E-state index in [-0.39, 0.29) is 6.04 Å². The van der Waals surface area contributed by atoms with Crippen LogP contribution < -0.4 is 26.2 Å². The van der Waals surface area contributed by atoms with Crippen LogP contribution >= 0.6 is 11.6 Å². The van der Waals surface area contributed by atoms with Crippen molar-refractivity contribution < 1.29 is 0 Å². The smallest absolute Gasteiger partial charge is 0.318 e. The molecule has 1 N–H and O–H groups in total. The number of nitrogens with one attached hydrogen (secondary N) is 1. The van der Waals surface area contributed by atoms with Crippen molar-refractivity contribution >= 4 is 40.1 Å². The molecule has 1 aliphatic heterocycles. The van der Waals surface area contributed by atoms with Crippen LogP contribution in [0.4, 0.5) is 17.3 Å². The standard InChI is InChI=1S/C26H29ClN8O2/c1-32(2)20-6-4-19(5-7-20)28-13-17-14-30-26(31-15-17)34-10-8-21(9-11-34)35-23-22(12-18(27)16-29-23)33(3)24(36)25(35)37/h4-7,12,14-16,21,28H,8-11,13H2,1-3H3. The highest BCUT2D eigenvalue weighted by Gasteiger charge is 2.26. The molecule has 0 unspecified atom stereocenters. The van der Waals surface area contributed by atoms with Gasteiger partial charge in [-0.1, -0.05) is 11.6 Å². The van der Waals surface area contributed by atoms with Crippen LogP contribution in [0.5, 0.6) is 0 Å². The maximum atomic E-state index is 12.9. The summed E-state index contributed by atoms with van der Waals surface area (Å²) in [6.07, 6.45) is 6.51. The van der Waals surface area contributed by atoms with Gasteiger partial charge in [-0.3, -0.25) is 14.2 Å². The molecule has 0 saturated carbocycles. The van der Waals surface area contributed by atoms with Gasteiger partial charge in [0, 0.05) is 82.3 Å². The van der Waals surface area contributed by atoms with Crippen molar-refractivity contribution in [3.05, 3.63) is 80.2 Å². The van der Waals surface area contributed by atoms with Crippen LogP contribution in [-0.2, 0) is 13.6 Å². The maximum Gasteiger partial charge on any atom is 0.318 e. The normalized spacial score (nSPS) is 14.2. The minimum Gasteiger partial charge on any atom is -0.381 e. The molecule has 0 bridgehead atoms. The van der Waals surface area contributed by atoms with E-state index in [0.29, 0.717) is 54.6 Å². The number of pyridine rings is 1. The summed E-state index contributed by atoms with van der Waals surface area (Å²) in [7, 11) is 5.60. The molecular formula is C26H29ClN8O2. The van der Waals surface area contributed by atoms with Crippen LogP contribution in [-0.4, -0.2) is 51.3 Å². The predicted molar refractivity (Wildman–Crippen MR) is 147 cm³/mol. The van der Waals surface area contributed by atoms with Crippen LogP contribution in [0.3, 0.4) is 0 Å². The zero-order valence-corrected chi connectivity index (χ0v) is 21.8. The third kappa shape index (κ3) is 5.01. The molecule has 192 valence electrons. The van der Waals surface area contributed by atoms with E-state index in [4.69, 9.17) is 11.6 Å². The van der Waals surface area contributed by atoms with Crippen molar-refractivity contribution in [3.63, 3.8) is 0 Å². The molecule has 37 heavy (non-hydrogen) atoms. The summed E-state index contributed by atoms with van der Waals surface area (Å²) in [6, 6.07) is 9.77. The van der Waals surface area contributed by atoms with Gasteiger partial charge in [-0.2, -0.15) is 0 Å². The van der Waals surface area contributed by atoms with Crippen LogP contribution in [0.1, 0.15) is 24.4 Å². The van der Waals surface area contributed by atoms with Crippen molar-refractivity contribution in [2.75, 3.05) is 42.3 Å². The molecule has 0 atom stereocenters. The van der Waals surface area contributed by atoms with E-state index in [9.17, 15) is 9.59 Å². The van der Waals surface area contributed by atoms with E-state index in [0.717, 1.165) is 16.9 Å². The first-order valence-corrected chi connectivity index (χ1v) is 12.5. The van der Waals surface area contributed by atoms with Gasteiger partial charge in [-0.25, -0.2) is 15.0 Å². The zero-order chi connectivity index (χ0) is 26.1. The zero-order valence-electron chi connectivity index (χ0n) is 21.1. The quantitative estimate of drug-likeness (QED) is 0.387. The molecule has 4 aromatic rings. The Morgan fingerprint density at radius 3 is 2.32 bits per heavy atom. The second-order valence-corrected chi connectivity index (χ2v) is 9.88. The summed E-state index contributed by atoms with van der Waals surface area (Å²) < 4.78 is 2.84. The van der Waals surface area contributed by atoms with Crippen LogP contribution in [0, 0.1) is 0 Å². The van der Waals surface area contributed by atoms with Crippen molar-refractivity contribution in [1.29, 1.82) is 0 Å². The monoisotopic (exact) mass is 520 g/mol. The van der Waals surface area contributed by atoms with Crippen molar-refractivity contribution in [2.24, 2.45) is 7.05 Å². The Kier molecular flexibility index (Phi) is 6.84. The summed E-state index contributed by atoms with van der Waals surface area (Å²) in [4.78, 5) is 43.2. The van der Waals surface area contributed by atoms with E-state index >= 15 is 0 Å². The van der Waals surface area contributed by atoms with Gasteiger partial charge in [0.15, 0.2) is 5.65 Å². The number of nitrogens with zero attached hydrogens (tertiary/aromatic N) is 7. The largest absolute Gasteiger partial charge is 0.381 e. The van der Waals surface area contributed by atoms with Crippen LogP contribution in [0.2, 0.25) is 5.02 Å². The minimum atomic E-state index is -0.583. The number of aryl methyl sites for hydroxylation is 1. The molecule has 4 heterocycles. The number of anilines is 3. The summed E-state index contributed by atoms with van der Waals surface area (Å²) in [6.45, 7) is 1.95. The Balaban J connectivity index is 1.25. The first-order valence-electron chi connectivity index (χ1n) is 12.2. The lowest BCUT2D eigenvalue weighted by Gasteiger charge is -2.33. The molecule has 10 nitrogen and oxygen atoms in total. The average Bonchev–Trinajstić information content (AvgIpc) is 2.92. The molecule has 0 radical (unpaired) electrons. The van der Waals surface area contributed by atoms with Gasteiger partial charge in [0.2, 0.25) is 5.95 Å². The van der Waals surface area contributed by atoms with E-state index < -0.39 is 11.1 Å². The van der Waals surface area contributed by atoms with Gasteiger partial charge in [0.05, 0.1) is 10.5 Å². The number of hydrogen-bond donors (Lipinski definition) is 1. The molecule has 11 heteroatoms. The third-order valence-electron chi connectivity index (χ3n) is 6.79. The van der Waals surface area contributed by atoms with Crippen molar-refractivity contribution in [3.8, 4) is 0 Å². The molecule has 0 aliphatic carbocycles. The number of hydrogen-bond acceptors (Lipinski definition) is 8. The number of aromatic nitrogens is 5. The lowest BCUT2D eigenvalue weighted by molar-refractivity contribution is 0.389. The Labute approximate surface area is 219 Å². The number of benzene rings is 1. The third-order valence-corrected chi connectivity index (χ3v) is 7.00. The number of rotatable bonds is 6. The maximum absolute atomic E-state index is 12.9. The Morgan fingerprint density at radius 2 is 1.68 bits per heavy atom. The lowest BCUT2D eigenvalue weighted by Crippen LogP contribution is -2.45. The topological polar surface area (TPSA) is 101 Å². The second kappa shape index (κ2) is 10.2. The number of halogens is 1. The Bertz CT molecular complexity index is 1520. The van der Waals surface area contributed by atoms with Gasteiger partial charge in [-0.15, -0.1) is 0 Å². The molecule has 1 aliphatic rings. The van der Waals surface area contributed by atoms with Crippen LogP contribution in [0.25, 0.3) is 11.2 Å². The minimum absolute atomic E-state index is 0.142. The molecule has 0 amide bonds. The Morgan fingerprint density at radius 1 is 1.00 bits per heavy atom. The lowest BCUT2D eigenvalue weighted by atomic mass is 10.0. The highest BCUT2D eigenvalue weighted by Crippen LogP contribution is 2.26. The van der Waals surface area contributed by atoms with Gasteiger partial charge >= 0.3 is 11.1 Å². The number of fused-ring (bicyclic) bond motifs is 1. The Hall–Kier alpha value is -3.92. The van der Waals surface area contributed by atoms with Gasteiger partial charge in [0.25, 0.3) is 0 Å². The van der Waals surface area contributed by atoms with E-state index in [1.165, 1.54) is 15.3 Å². The van der Waals surface area contributed by atoms with E-state index in [1.807, 2.05) is 26.5 Å². The van der Waals surface area contributed by atoms with Gasteiger partial charge < -0.3 is 19.7 Å². The summed E-state index contributed by atoms with van der Waals surface area (Å²) >= 11 is 6.09. The first-order chi connectivity index (χ1) is 17.8. The SMILES string of the molecule is CN(C)c1ccc(NCc2cnc(N3CCC(n4c(=O)c(=O)n(C)c5cc(Cl)cnc54)CC3)nc2)cc1. The second-order valence-electron chi connectivity index (χ2n) is 9.44. The average molecular weight is 521 g/mol. The molecule has 1 saturated heterocycles. The number of piperidine rings is 1. The summed E-state index contributed by atoms with van der Waals surface area (Å²) in [5.41, 5.74) is 3.04. The van der Waals surface area contributed by atoms with Crippen molar-refractivity contribution in [1.82, 2.24) is 24.1 Å². The molecule has 0 spiro atoms. The molecule has 1 aromatic carbocycles.